The minimum Gasteiger partial charge on any atom is -0.466 e. The number of carbonyl (C=O) groups excluding carboxylic acids is 2. The Morgan fingerprint density at radius 3 is 2.05 bits per heavy atom. The highest BCUT2D eigenvalue weighted by atomic mass is 16.5. The molecule has 0 aromatic heterocycles. The first-order valence-electron chi connectivity index (χ1n) is 7.41. The largest absolute Gasteiger partial charge is 0.466 e. The molecule has 4 nitrogen and oxygen atoms in total. The number of unbranched alkanes of at least 4 members (excludes halogenated alkanes) is 2. The molecule has 0 fully saturated rings. The molecule has 0 spiro atoms. The molecule has 0 amide bonds. The van der Waals surface area contributed by atoms with Crippen molar-refractivity contribution in [3.63, 3.8) is 0 Å². The maximum atomic E-state index is 11.4. The summed E-state index contributed by atoms with van der Waals surface area (Å²) in [6.45, 7) is 6.97. The highest BCUT2D eigenvalue weighted by Gasteiger charge is 2.07. The van der Waals surface area contributed by atoms with Crippen molar-refractivity contribution < 1.29 is 19.1 Å². The van der Waals surface area contributed by atoms with E-state index in [0.29, 0.717) is 32.0 Å². The predicted octanol–water partition coefficient (Wildman–Crippen LogP) is 3.48. The fourth-order valence-electron chi connectivity index (χ4n) is 1.83. The van der Waals surface area contributed by atoms with E-state index in [-0.39, 0.29) is 11.9 Å². The van der Waals surface area contributed by atoms with E-state index in [1.54, 1.807) is 6.92 Å². The summed E-state index contributed by atoms with van der Waals surface area (Å²) in [4.78, 5) is 22.5. The summed E-state index contributed by atoms with van der Waals surface area (Å²) in [6, 6.07) is 0. The van der Waals surface area contributed by atoms with Gasteiger partial charge in [-0.1, -0.05) is 26.7 Å². The normalized spacial score (nSPS) is 11.9. The molecule has 0 aliphatic carbocycles. The topological polar surface area (TPSA) is 52.6 Å². The Morgan fingerprint density at radius 2 is 1.53 bits per heavy atom. The van der Waals surface area contributed by atoms with Crippen molar-refractivity contribution in [2.45, 2.75) is 65.7 Å². The summed E-state index contributed by atoms with van der Waals surface area (Å²) < 4.78 is 10.0. The molecule has 0 radical (unpaired) electrons. The van der Waals surface area contributed by atoms with E-state index in [2.05, 4.69) is 13.8 Å². The van der Waals surface area contributed by atoms with Crippen LogP contribution in [-0.2, 0) is 19.1 Å². The lowest BCUT2D eigenvalue weighted by Gasteiger charge is -2.10. The van der Waals surface area contributed by atoms with Crippen LogP contribution in [0.1, 0.15) is 65.7 Å². The predicted molar refractivity (Wildman–Crippen MR) is 74.7 cm³/mol. The van der Waals surface area contributed by atoms with Gasteiger partial charge in [-0.05, 0) is 32.1 Å². The summed E-state index contributed by atoms with van der Waals surface area (Å²) in [6.07, 6.45) is 5.51. The van der Waals surface area contributed by atoms with Crippen LogP contribution in [0, 0.1) is 5.92 Å². The van der Waals surface area contributed by atoms with Crippen LogP contribution >= 0.6 is 0 Å². The minimum atomic E-state index is -0.154. The maximum absolute atomic E-state index is 11.4. The van der Waals surface area contributed by atoms with Crippen LogP contribution in [0.2, 0.25) is 0 Å². The summed E-state index contributed by atoms with van der Waals surface area (Å²) in [5.41, 5.74) is 0. The van der Waals surface area contributed by atoms with Crippen LogP contribution in [0.3, 0.4) is 0 Å². The molecule has 0 aromatic rings. The molecule has 0 aromatic carbocycles. The van der Waals surface area contributed by atoms with Crippen molar-refractivity contribution in [3.05, 3.63) is 0 Å². The zero-order chi connectivity index (χ0) is 14.5. The van der Waals surface area contributed by atoms with Gasteiger partial charge in [-0.3, -0.25) is 9.59 Å². The average Bonchev–Trinajstić information content (AvgIpc) is 2.36. The van der Waals surface area contributed by atoms with Gasteiger partial charge in [0.15, 0.2) is 0 Å². The van der Waals surface area contributed by atoms with E-state index in [0.717, 1.165) is 32.1 Å². The lowest BCUT2D eigenvalue weighted by molar-refractivity contribution is -0.145. The van der Waals surface area contributed by atoms with Crippen molar-refractivity contribution >= 4 is 11.9 Å². The first-order valence-corrected chi connectivity index (χ1v) is 7.41. The smallest absolute Gasteiger partial charge is 0.305 e. The summed E-state index contributed by atoms with van der Waals surface area (Å²) >= 11 is 0. The van der Waals surface area contributed by atoms with Crippen LogP contribution in [0.25, 0.3) is 0 Å². The van der Waals surface area contributed by atoms with Crippen LogP contribution in [0.4, 0.5) is 0 Å². The third kappa shape index (κ3) is 11.7. The van der Waals surface area contributed by atoms with Gasteiger partial charge < -0.3 is 9.47 Å². The monoisotopic (exact) mass is 272 g/mol. The highest BCUT2D eigenvalue weighted by Crippen LogP contribution is 2.08. The number of hydrogen-bond acceptors (Lipinski definition) is 4. The van der Waals surface area contributed by atoms with Gasteiger partial charge in [-0.2, -0.15) is 0 Å². The number of carbonyl (C=O) groups is 2. The molecule has 19 heavy (non-hydrogen) atoms. The summed E-state index contributed by atoms with van der Waals surface area (Å²) in [5.74, 6) is 0.162. The zero-order valence-electron chi connectivity index (χ0n) is 12.6. The molecule has 0 N–H and O–H groups in total. The van der Waals surface area contributed by atoms with Gasteiger partial charge in [-0.25, -0.2) is 0 Å². The van der Waals surface area contributed by atoms with Crippen LogP contribution in [0.15, 0.2) is 0 Å². The average molecular weight is 272 g/mol. The van der Waals surface area contributed by atoms with Crippen molar-refractivity contribution in [2.24, 2.45) is 5.92 Å². The molecular formula is C15H28O4. The molecule has 0 rings (SSSR count). The van der Waals surface area contributed by atoms with E-state index in [1.807, 2.05) is 0 Å². The van der Waals surface area contributed by atoms with Crippen molar-refractivity contribution in [3.8, 4) is 0 Å². The fourth-order valence-corrected chi connectivity index (χ4v) is 1.83. The zero-order valence-corrected chi connectivity index (χ0v) is 12.6. The summed E-state index contributed by atoms with van der Waals surface area (Å²) in [7, 11) is 0. The molecule has 0 aliphatic rings. The van der Waals surface area contributed by atoms with Crippen LogP contribution < -0.4 is 0 Å². The third-order valence-corrected chi connectivity index (χ3v) is 2.88. The highest BCUT2D eigenvalue weighted by molar-refractivity contribution is 5.69. The Bertz CT molecular complexity index is 251. The first kappa shape index (κ1) is 17.9. The van der Waals surface area contributed by atoms with Gasteiger partial charge >= 0.3 is 11.9 Å². The maximum Gasteiger partial charge on any atom is 0.305 e. The van der Waals surface area contributed by atoms with Gasteiger partial charge in [0.2, 0.25) is 0 Å². The van der Waals surface area contributed by atoms with E-state index < -0.39 is 0 Å². The van der Waals surface area contributed by atoms with E-state index in [4.69, 9.17) is 9.47 Å². The lowest BCUT2D eigenvalue weighted by atomic mass is 10.1. The molecule has 1 atom stereocenters. The fraction of sp³-hybridized carbons (Fsp3) is 0.867. The third-order valence-electron chi connectivity index (χ3n) is 2.88. The minimum absolute atomic E-state index is 0.126. The van der Waals surface area contributed by atoms with Gasteiger partial charge in [0.1, 0.15) is 0 Å². The van der Waals surface area contributed by atoms with E-state index >= 15 is 0 Å². The Labute approximate surface area is 116 Å². The quantitative estimate of drug-likeness (QED) is 0.427. The number of hydrogen-bond donors (Lipinski definition) is 0. The van der Waals surface area contributed by atoms with Crippen molar-refractivity contribution in [1.82, 2.24) is 0 Å². The second kappa shape index (κ2) is 12.0. The lowest BCUT2D eigenvalue weighted by Crippen LogP contribution is -2.11. The van der Waals surface area contributed by atoms with Gasteiger partial charge in [-0.15, -0.1) is 0 Å². The van der Waals surface area contributed by atoms with Crippen molar-refractivity contribution in [2.75, 3.05) is 13.2 Å². The number of rotatable bonds is 11. The molecule has 0 aliphatic heterocycles. The Balaban J connectivity index is 3.41. The molecule has 1 unspecified atom stereocenters. The Morgan fingerprint density at radius 1 is 0.947 bits per heavy atom. The van der Waals surface area contributed by atoms with Gasteiger partial charge in [0.25, 0.3) is 0 Å². The van der Waals surface area contributed by atoms with E-state index in [1.165, 1.54) is 0 Å². The first-order chi connectivity index (χ1) is 9.10. The van der Waals surface area contributed by atoms with E-state index in [9.17, 15) is 9.59 Å². The molecule has 0 heterocycles. The number of esters is 2. The second-order valence-electron chi connectivity index (χ2n) is 4.94. The molecule has 0 bridgehead atoms. The Hall–Kier alpha value is -1.06. The molecule has 0 saturated carbocycles. The summed E-state index contributed by atoms with van der Waals surface area (Å²) in [5, 5.41) is 0. The standard InChI is InChI=1S/C15H28O4/c1-4-9-13(3)12-19-15(17)11-8-6-7-10-14(16)18-5-2/h13H,4-12H2,1-3H3. The second-order valence-corrected chi connectivity index (χ2v) is 4.94. The molecule has 0 saturated heterocycles. The van der Waals surface area contributed by atoms with Gasteiger partial charge in [0, 0.05) is 12.8 Å². The number of ether oxygens (including phenoxy) is 2. The SMILES string of the molecule is CCCC(C)COC(=O)CCCCCC(=O)OCC. The van der Waals surface area contributed by atoms with Crippen molar-refractivity contribution in [1.29, 1.82) is 0 Å². The van der Waals surface area contributed by atoms with Crippen LogP contribution in [0.5, 0.6) is 0 Å². The Kier molecular flexibility index (Phi) is 11.3. The molecule has 112 valence electrons. The van der Waals surface area contributed by atoms with Crippen LogP contribution in [-0.4, -0.2) is 25.2 Å². The molecular weight excluding hydrogens is 244 g/mol. The van der Waals surface area contributed by atoms with Gasteiger partial charge in [0.05, 0.1) is 13.2 Å². The molecule has 4 heteroatoms.